The van der Waals surface area contributed by atoms with Crippen LogP contribution in [0.5, 0.6) is 5.75 Å². The first-order valence-corrected chi connectivity index (χ1v) is 14.1. The summed E-state index contributed by atoms with van der Waals surface area (Å²) >= 11 is 6.61. The molecule has 12 heteroatoms. The van der Waals surface area contributed by atoms with Gasteiger partial charge in [-0.05, 0) is 53.9 Å². The number of nitrogens with zero attached hydrogens (tertiary/aromatic N) is 1. The molecule has 1 aliphatic heterocycles. The number of rotatable bonds is 6. The van der Waals surface area contributed by atoms with Gasteiger partial charge in [0.05, 0.1) is 38.4 Å². The number of esters is 2. The second-order valence-corrected chi connectivity index (χ2v) is 10.8. The van der Waals surface area contributed by atoms with Crippen LogP contribution in [-0.4, -0.2) is 39.1 Å². The molecule has 234 valence electrons. The second kappa shape index (κ2) is 12.3. The molecule has 0 aromatic heterocycles. The molecule has 1 heterocycles. The van der Waals surface area contributed by atoms with E-state index in [1.807, 2.05) is 0 Å². The quantitative estimate of drug-likeness (QED) is 0.254. The summed E-state index contributed by atoms with van der Waals surface area (Å²) in [4.78, 5) is 42.7. The first-order valence-electron chi connectivity index (χ1n) is 13.7. The lowest BCUT2D eigenvalue weighted by Gasteiger charge is -2.44. The summed E-state index contributed by atoms with van der Waals surface area (Å²) in [7, 11) is 3.76. The average Bonchev–Trinajstić information content (AvgIpc) is 3.03. The van der Waals surface area contributed by atoms with Crippen molar-refractivity contribution >= 4 is 35.0 Å². The van der Waals surface area contributed by atoms with Gasteiger partial charge in [-0.3, -0.25) is 14.5 Å². The molecular weight excluding hydrogens is 613 g/mol. The number of carbonyl (C=O) groups is 3. The first kappa shape index (κ1) is 31.6. The summed E-state index contributed by atoms with van der Waals surface area (Å²) in [6, 6.07) is 17.6. The molecule has 3 atom stereocenters. The SMILES string of the molecule is COC(=O)C1=C(N)N(c2cccc(C(F)(F)F)c2)C2=C(C(=O)[C@H](C(=O)OC)[C@H](c3ccc(OC)cc3)C2)[C@@H]1c1ccccc1Cl. The van der Waals surface area contributed by atoms with Crippen molar-refractivity contribution in [2.24, 2.45) is 11.7 Å². The Morgan fingerprint density at radius 2 is 1.64 bits per heavy atom. The van der Waals surface area contributed by atoms with Crippen LogP contribution in [0.1, 0.15) is 34.9 Å². The summed E-state index contributed by atoms with van der Waals surface area (Å²) in [5.41, 5.74) is 6.52. The highest BCUT2D eigenvalue weighted by Gasteiger charge is 2.51. The van der Waals surface area contributed by atoms with Crippen LogP contribution in [0.25, 0.3) is 0 Å². The number of halogens is 4. The van der Waals surface area contributed by atoms with Crippen molar-refractivity contribution in [3.63, 3.8) is 0 Å². The highest BCUT2D eigenvalue weighted by atomic mass is 35.5. The fourth-order valence-corrected chi connectivity index (χ4v) is 6.28. The molecule has 45 heavy (non-hydrogen) atoms. The lowest BCUT2D eigenvalue weighted by atomic mass is 9.67. The Kier molecular flexibility index (Phi) is 8.66. The maximum Gasteiger partial charge on any atom is 0.416 e. The zero-order valence-electron chi connectivity index (χ0n) is 24.4. The van der Waals surface area contributed by atoms with Crippen LogP contribution in [0, 0.1) is 5.92 Å². The number of allylic oxidation sites excluding steroid dienone is 2. The minimum Gasteiger partial charge on any atom is -0.497 e. The molecule has 0 radical (unpaired) electrons. The number of benzene rings is 3. The third-order valence-electron chi connectivity index (χ3n) is 8.09. The fourth-order valence-electron chi connectivity index (χ4n) is 6.04. The zero-order chi connectivity index (χ0) is 32.6. The van der Waals surface area contributed by atoms with E-state index < -0.39 is 47.2 Å². The summed E-state index contributed by atoms with van der Waals surface area (Å²) in [6.07, 6.45) is -4.74. The molecule has 8 nitrogen and oxygen atoms in total. The highest BCUT2D eigenvalue weighted by Crippen LogP contribution is 2.52. The smallest absolute Gasteiger partial charge is 0.416 e. The van der Waals surface area contributed by atoms with E-state index in [0.29, 0.717) is 16.9 Å². The molecule has 0 amide bonds. The van der Waals surface area contributed by atoms with E-state index in [1.54, 1.807) is 48.5 Å². The fraction of sp³-hybridized carbons (Fsp3) is 0.242. The van der Waals surface area contributed by atoms with Gasteiger partial charge in [0.2, 0.25) is 0 Å². The number of ether oxygens (including phenoxy) is 3. The predicted octanol–water partition coefficient (Wildman–Crippen LogP) is 6.11. The van der Waals surface area contributed by atoms with Gasteiger partial charge in [-0.1, -0.05) is 48.0 Å². The van der Waals surface area contributed by atoms with Crippen LogP contribution in [0.15, 0.2) is 95.5 Å². The number of Topliss-reactive ketones (excluding diaryl/α,β-unsaturated/α-hetero) is 1. The Morgan fingerprint density at radius 1 is 0.956 bits per heavy atom. The van der Waals surface area contributed by atoms with Gasteiger partial charge >= 0.3 is 18.1 Å². The monoisotopic (exact) mass is 640 g/mol. The number of anilines is 1. The summed E-state index contributed by atoms with van der Waals surface area (Å²) in [6.45, 7) is 0. The van der Waals surface area contributed by atoms with Crippen molar-refractivity contribution in [2.45, 2.75) is 24.4 Å². The number of ketones is 1. The molecule has 3 aromatic carbocycles. The molecule has 2 aliphatic rings. The molecule has 0 saturated carbocycles. The molecule has 0 saturated heterocycles. The van der Waals surface area contributed by atoms with Gasteiger partial charge in [-0.2, -0.15) is 13.2 Å². The molecule has 1 aliphatic carbocycles. The van der Waals surface area contributed by atoms with Crippen molar-refractivity contribution in [1.29, 1.82) is 0 Å². The second-order valence-electron chi connectivity index (χ2n) is 10.4. The minimum atomic E-state index is -4.70. The van der Waals surface area contributed by atoms with E-state index in [0.717, 1.165) is 26.4 Å². The van der Waals surface area contributed by atoms with Gasteiger partial charge in [0, 0.05) is 27.9 Å². The predicted molar refractivity (Wildman–Crippen MR) is 159 cm³/mol. The topological polar surface area (TPSA) is 108 Å². The van der Waals surface area contributed by atoms with Gasteiger partial charge in [-0.25, -0.2) is 4.79 Å². The van der Waals surface area contributed by atoms with Crippen LogP contribution in [-0.2, 0) is 30.0 Å². The van der Waals surface area contributed by atoms with E-state index in [-0.39, 0.29) is 39.8 Å². The standard InChI is InChI=1S/C33H28ClF3N2O6/c1-43-20-13-11-17(12-14-20)22-16-24-27(29(40)26(22)31(41)44-2)25(21-9-4-5-10-23(21)34)28(32(42)45-3)30(38)39(24)19-8-6-7-18(15-19)33(35,36)37/h4-15,22,25-26H,16,38H2,1-3H3/t22-,25-,26+/m0/s1. The number of nitrogens with two attached hydrogens (primary N) is 1. The number of hydrogen-bond donors (Lipinski definition) is 1. The Morgan fingerprint density at radius 3 is 2.24 bits per heavy atom. The van der Waals surface area contributed by atoms with E-state index in [9.17, 15) is 27.6 Å². The molecule has 0 bridgehead atoms. The van der Waals surface area contributed by atoms with Gasteiger partial charge in [-0.15, -0.1) is 0 Å². The molecule has 0 unspecified atom stereocenters. The maximum atomic E-state index is 14.7. The number of methoxy groups -OCH3 is 3. The number of alkyl halides is 3. The van der Waals surface area contributed by atoms with Crippen LogP contribution in [0.3, 0.4) is 0 Å². The normalized spacial score (nSPS) is 20.1. The Hall–Kier alpha value is -4.77. The molecule has 3 aromatic rings. The third-order valence-corrected chi connectivity index (χ3v) is 8.44. The molecule has 5 rings (SSSR count). The van der Waals surface area contributed by atoms with Gasteiger partial charge < -0.3 is 19.9 Å². The highest BCUT2D eigenvalue weighted by molar-refractivity contribution is 6.31. The van der Waals surface area contributed by atoms with E-state index >= 15 is 0 Å². The maximum absolute atomic E-state index is 14.7. The largest absolute Gasteiger partial charge is 0.497 e. The zero-order valence-corrected chi connectivity index (χ0v) is 25.1. The molecule has 2 N–H and O–H groups in total. The Bertz CT molecular complexity index is 1730. The summed E-state index contributed by atoms with van der Waals surface area (Å²) < 4.78 is 57.0. The number of carbonyl (C=O) groups excluding carboxylic acids is 3. The third kappa shape index (κ3) is 5.64. The summed E-state index contributed by atoms with van der Waals surface area (Å²) in [5.74, 6) is -5.55. The van der Waals surface area contributed by atoms with Crippen LogP contribution < -0.4 is 15.4 Å². The van der Waals surface area contributed by atoms with Crippen molar-refractivity contribution in [1.82, 2.24) is 0 Å². The van der Waals surface area contributed by atoms with Gasteiger partial charge in [0.1, 0.15) is 17.5 Å². The van der Waals surface area contributed by atoms with E-state index in [2.05, 4.69) is 0 Å². The molecule has 0 fully saturated rings. The average molecular weight is 641 g/mol. The van der Waals surface area contributed by atoms with Crippen molar-refractivity contribution < 1.29 is 41.8 Å². The van der Waals surface area contributed by atoms with Crippen molar-refractivity contribution in [3.05, 3.63) is 117 Å². The van der Waals surface area contributed by atoms with Gasteiger partial charge in [0.25, 0.3) is 0 Å². The minimum absolute atomic E-state index is 0.0322. The van der Waals surface area contributed by atoms with E-state index in [1.165, 1.54) is 24.1 Å². The van der Waals surface area contributed by atoms with Gasteiger partial charge in [0.15, 0.2) is 5.78 Å². The lowest BCUT2D eigenvalue weighted by Crippen LogP contribution is -2.46. The van der Waals surface area contributed by atoms with Crippen LogP contribution in [0.4, 0.5) is 18.9 Å². The van der Waals surface area contributed by atoms with Crippen LogP contribution in [0.2, 0.25) is 5.02 Å². The Balaban J connectivity index is 1.84. The number of hydrogen-bond acceptors (Lipinski definition) is 8. The van der Waals surface area contributed by atoms with Crippen molar-refractivity contribution in [2.75, 3.05) is 26.2 Å². The van der Waals surface area contributed by atoms with E-state index in [4.69, 9.17) is 31.5 Å². The Labute approximate surface area is 261 Å². The summed E-state index contributed by atoms with van der Waals surface area (Å²) in [5, 5.41) is 0.191. The molecular formula is C33H28ClF3N2O6. The lowest BCUT2D eigenvalue weighted by molar-refractivity contribution is -0.150. The first-order chi connectivity index (χ1) is 21.4. The van der Waals surface area contributed by atoms with Crippen LogP contribution >= 0.6 is 11.6 Å². The van der Waals surface area contributed by atoms with Crippen molar-refractivity contribution in [3.8, 4) is 5.75 Å². The molecule has 0 spiro atoms.